The first-order valence-electron chi connectivity index (χ1n) is 13.2. The molecule has 3 aliphatic heterocycles. The Kier molecular flexibility index (Phi) is 13.6. The fraction of sp³-hybridized carbons (Fsp3) is 1.00. The average Bonchev–Trinajstić information content (AvgIpc) is 2.77. The quantitative estimate of drug-likeness (QED) is 0.532. The highest BCUT2D eigenvalue weighted by molar-refractivity contribution is 4.72. The van der Waals surface area contributed by atoms with Gasteiger partial charge < -0.3 is 29.4 Å². The van der Waals surface area contributed by atoms with Gasteiger partial charge in [-0.1, -0.05) is 0 Å². The minimum atomic E-state index is 0.821. The number of nitrogens with zero attached hydrogens (tertiary/aromatic N) is 7. The molecule has 3 aliphatic rings. The van der Waals surface area contributed by atoms with Crippen molar-refractivity contribution in [3.8, 4) is 0 Å². The van der Waals surface area contributed by atoms with Crippen LogP contribution in [0, 0.1) is 5.92 Å². The van der Waals surface area contributed by atoms with Crippen molar-refractivity contribution in [2.75, 3.05) is 140 Å². The van der Waals surface area contributed by atoms with Gasteiger partial charge in [-0.25, -0.2) is 0 Å². The first-order chi connectivity index (χ1) is 15.3. The maximum absolute atomic E-state index is 2.69. The van der Waals surface area contributed by atoms with E-state index in [2.05, 4.69) is 76.6 Å². The van der Waals surface area contributed by atoms with Gasteiger partial charge in [-0.3, -0.25) is 4.90 Å². The van der Waals surface area contributed by atoms with Crippen LogP contribution in [0.3, 0.4) is 0 Å². The SMILES string of the molecule is CN1CCC2CCN(C)CCN(C)CCN(CCN(C)CC1)CCN(C)CCN(C)CC2. The molecule has 0 N–H and O–H groups in total. The molecule has 190 valence electrons. The molecule has 0 aromatic rings. The number of likely N-dealkylation sites (N-methyl/N-ethyl adjacent to an activating group) is 6. The summed E-state index contributed by atoms with van der Waals surface area (Å²) in [6, 6.07) is 0. The zero-order valence-electron chi connectivity index (χ0n) is 22.4. The topological polar surface area (TPSA) is 22.7 Å². The third-order valence-electron chi connectivity index (χ3n) is 7.74. The molecule has 2 bridgehead atoms. The van der Waals surface area contributed by atoms with E-state index in [0.29, 0.717) is 0 Å². The molecule has 3 rings (SSSR count). The fourth-order valence-corrected chi connectivity index (χ4v) is 4.61. The summed E-state index contributed by atoms with van der Waals surface area (Å²) < 4.78 is 0. The second-order valence-corrected chi connectivity index (χ2v) is 10.9. The van der Waals surface area contributed by atoms with Gasteiger partial charge >= 0.3 is 0 Å². The number of hydrogen-bond acceptors (Lipinski definition) is 7. The van der Waals surface area contributed by atoms with E-state index in [-0.39, 0.29) is 0 Å². The van der Waals surface area contributed by atoms with Crippen molar-refractivity contribution in [1.29, 1.82) is 0 Å². The molecule has 0 atom stereocenters. The van der Waals surface area contributed by atoms with E-state index in [0.717, 1.165) is 25.6 Å². The summed E-state index contributed by atoms with van der Waals surface area (Å²) in [6.07, 6.45) is 3.99. The van der Waals surface area contributed by atoms with E-state index in [4.69, 9.17) is 0 Å². The molecule has 3 fully saturated rings. The molecule has 3 heterocycles. The molecule has 0 aliphatic carbocycles. The molecule has 32 heavy (non-hydrogen) atoms. The number of rotatable bonds is 0. The third kappa shape index (κ3) is 12.3. The van der Waals surface area contributed by atoms with Crippen LogP contribution in [0.15, 0.2) is 0 Å². The minimum absolute atomic E-state index is 0.821. The zero-order chi connectivity index (χ0) is 23.3. The monoisotopic (exact) mass is 453 g/mol. The van der Waals surface area contributed by atoms with Gasteiger partial charge in [-0.2, -0.15) is 0 Å². The summed E-state index contributed by atoms with van der Waals surface area (Å²) >= 11 is 0. The number of fused-ring (bicyclic) bond motifs is 21. The van der Waals surface area contributed by atoms with Crippen molar-refractivity contribution in [3.63, 3.8) is 0 Å². The van der Waals surface area contributed by atoms with Gasteiger partial charge in [0, 0.05) is 78.5 Å². The molecule has 0 spiro atoms. The molecular weight excluding hydrogens is 398 g/mol. The van der Waals surface area contributed by atoms with Crippen LogP contribution < -0.4 is 0 Å². The Morgan fingerprint density at radius 2 is 0.531 bits per heavy atom. The second-order valence-electron chi connectivity index (χ2n) is 10.9. The third-order valence-corrected chi connectivity index (χ3v) is 7.74. The Bertz CT molecular complexity index is 369. The van der Waals surface area contributed by atoms with E-state index in [1.807, 2.05) is 0 Å². The second kappa shape index (κ2) is 15.6. The van der Waals surface area contributed by atoms with Crippen molar-refractivity contribution >= 4 is 0 Å². The van der Waals surface area contributed by atoms with Gasteiger partial charge in [-0.15, -0.1) is 0 Å². The zero-order valence-corrected chi connectivity index (χ0v) is 22.4. The molecule has 0 aromatic carbocycles. The summed E-state index contributed by atoms with van der Waals surface area (Å²) in [5, 5.41) is 0. The standard InChI is InChI=1S/C25H55N7/c1-26-10-7-25-8-11-27(2)14-17-30(5)20-23-32(22-19-29(4)16-13-26)24-21-31(6)18-15-28(3)12-9-25/h25H,7-24H2,1-6H3. The van der Waals surface area contributed by atoms with E-state index in [9.17, 15) is 0 Å². The molecule has 3 saturated heterocycles. The van der Waals surface area contributed by atoms with Gasteiger partial charge in [0.15, 0.2) is 0 Å². The Labute approximate surface area is 200 Å². The van der Waals surface area contributed by atoms with E-state index in [1.165, 1.54) is 97.8 Å². The molecule has 0 unspecified atom stereocenters. The van der Waals surface area contributed by atoms with Gasteiger partial charge in [0.25, 0.3) is 0 Å². The van der Waals surface area contributed by atoms with Crippen molar-refractivity contribution in [2.24, 2.45) is 5.92 Å². The Morgan fingerprint density at radius 1 is 0.312 bits per heavy atom. The number of hydrogen-bond donors (Lipinski definition) is 0. The Morgan fingerprint density at radius 3 is 0.812 bits per heavy atom. The average molecular weight is 454 g/mol. The van der Waals surface area contributed by atoms with Crippen LogP contribution in [0.25, 0.3) is 0 Å². The highest BCUT2D eigenvalue weighted by atomic mass is 15.3. The molecule has 7 nitrogen and oxygen atoms in total. The molecule has 0 amide bonds. The van der Waals surface area contributed by atoms with Gasteiger partial charge in [0.1, 0.15) is 0 Å². The summed E-state index contributed by atoms with van der Waals surface area (Å²) in [6.45, 7) is 17.7. The van der Waals surface area contributed by atoms with Crippen LogP contribution in [0.1, 0.15) is 19.3 Å². The first kappa shape index (κ1) is 28.0. The van der Waals surface area contributed by atoms with Gasteiger partial charge in [0.2, 0.25) is 0 Å². The van der Waals surface area contributed by atoms with E-state index >= 15 is 0 Å². The molecule has 0 aromatic heterocycles. The van der Waals surface area contributed by atoms with Crippen molar-refractivity contribution in [2.45, 2.75) is 19.3 Å². The fourth-order valence-electron chi connectivity index (χ4n) is 4.61. The molecule has 0 radical (unpaired) electrons. The van der Waals surface area contributed by atoms with Crippen molar-refractivity contribution in [1.82, 2.24) is 34.3 Å². The van der Waals surface area contributed by atoms with E-state index < -0.39 is 0 Å². The summed E-state index contributed by atoms with van der Waals surface area (Å²) in [5.74, 6) is 0.821. The molecular formula is C25H55N7. The van der Waals surface area contributed by atoms with Crippen molar-refractivity contribution in [3.05, 3.63) is 0 Å². The lowest BCUT2D eigenvalue weighted by Crippen LogP contribution is -2.44. The van der Waals surface area contributed by atoms with Gasteiger partial charge in [-0.05, 0) is 87.1 Å². The van der Waals surface area contributed by atoms with Gasteiger partial charge in [0.05, 0.1) is 0 Å². The van der Waals surface area contributed by atoms with Crippen LogP contribution in [-0.4, -0.2) is 175 Å². The largest absolute Gasteiger partial charge is 0.305 e. The smallest absolute Gasteiger partial charge is 0.0110 e. The highest BCUT2D eigenvalue weighted by Crippen LogP contribution is 2.16. The molecule has 0 saturated carbocycles. The minimum Gasteiger partial charge on any atom is -0.305 e. The lowest BCUT2D eigenvalue weighted by Gasteiger charge is -2.32. The normalized spacial score (nSPS) is 30.9. The molecule has 7 heteroatoms. The maximum Gasteiger partial charge on any atom is 0.0110 e. The maximum atomic E-state index is 2.69. The van der Waals surface area contributed by atoms with Crippen LogP contribution in [-0.2, 0) is 0 Å². The van der Waals surface area contributed by atoms with Crippen LogP contribution in [0.4, 0.5) is 0 Å². The van der Waals surface area contributed by atoms with Crippen molar-refractivity contribution < 1.29 is 0 Å². The Hall–Kier alpha value is -0.280. The Balaban J connectivity index is 2.13. The summed E-state index contributed by atoms with van der Waals surface area (Å²) in [5.41, 5.74) is 0. The predicted octanol–water partition coefficient (Wildman–Crippen LogP) is 0.693. The predicted molar refractivity (Wildman–Crippen MR) is 139 cm³/mol. The van der Waals surface area contributed by atoms with Crippen LogP contribution in [0.5, 0.6) is 0 Å². The lowest BCUT2D eigenvalue weighted by molar-refractivity contribution is 0.154. The highest BCUT2D eigenvalue weighted by Gasteiger charge is 2.16. The van der Waals surface area contributed by atoms with Crippen LogP contribution >= 0.6 is 0 Å². The summed E-state index contributed by atoms with van der Waals surface area (Å²) in [4.78, 5) is 18.0. The van der Waals surface area contributed by atoms with E-state index in [1.54, 1.807) is 0 Å². The first-order valence-corrected chi connectivity index (χ1v) is 13.2. The lowest BCUT2D eigenvalue weighted by atomic mass is 9.96. The summed E-state index contributed by atoms with van der Waals surface area (Å²) in [7, 11) is 13.9. The van der Waals surface area contributed by atoms with Crippen LogP contribution in [0.2, 0.25) is 0 Å².